The van der Waals surface area contributed by atoms with Gasteiger partial charge in [0, 0.05) is 12.6 Å². The summed E-state index contributed by atoms with van der Waals surface area (Å²) in [6, 6.07) is 8.37. The summed E-state index contributed by atoms with van der Waals surface area (Å²) in [6.45, 7) is 7.11. The Kier molecular flexibility index (Phi) is 6.01. The van der Waals surface area contributed by atoms with E-state index in [-0.39, 0.29) is 0 Å². The van der Waals surface area contributed by atoms with Gasteiger partial charge in [-0.05, 0) is 24.1 Å². The highest BCUT2D eigenvalue weighted by molar-refractivity contribution is 5.27. The van der Waals surface area contributed by atoms with Crippen LogP contribution in [0.2, 0.25) is 0 Å². The van der Waals surface area contributed by atoms with Crippen LogP contribution < -0.4 is 10.1 Å². The van der Waals surface area contributed by atoms with Gasteiger partial charge >= 0.3 is 0 Å². The minimum atomic E-state index is -0.469. The molecule has 1 rings (SSSR count). The highest BCUT2D eigenvalue weighted by Gasteiger charge is 2.05. The molecule has 0 unspecified atom stereocenters. The van der Waals surface area contributed by atoms with Crippen LogP contribution in [0.5, 0.6) is 5.75 Å². The molecule has 96 valence electrons. The van der Waals surface area contributed by atoms with E-state index in [1.165, 1.54) is 5.56 Å². The molecule has 1 aromatic rings. The number of ether oxygens (including phenoxy) is 1. The van der Waals surface area contributed by atoms with Crippen LogP contribution in [0.25, 0.3) is 0 Å². The number of hydrogen-bond acceptors (Lipinski definition) is 3. The molecule has 0 heterocycles. The minimum absolute atomic E-state index is 0.325. The average Bonchev–Trinajstić information content (AvgIpc) is 2.34. The second-order valence-corrected chi connectivity index (χ2v) is 4.53. The van der Waals surface area contributed by atoms with Gasteiger partial charge in [-0.25, -0.2) is 0 Å². The Labute approximate surface area is 104 Å². The molecule has 1 atom stereocenters. The van der Waals surface area contributed by atoms with Crippen molar-refractivity contribution in [3.8, 4) is 5.75 Å². The molecule has 0 aliphatic carbocycles. The van der Waals surface area contributed by atoms with E-state index in [2.05, 4.69) is 26.1 Å². The molecule has 0 amide bonds. The molecule has 3 heteroatoms. The molecule has 3 nitrogen and oxygen atoms in total. The van der Waals surface area contributed by atoms with E-state index in [1.54, 1.807) is 0 Å². The Balaban J connectivity index is 2.29. The van der Waals surface area contributed by atoms with Crippen molar-refractivity contribution in [1.29, 1.82) is 0 Å². The van der Waals surface area contributed by atoms with Crippen molar-refractivity contribution < 1.29 is 9.84 Å². The topological polar surface area (TPSA) is 41.5 Å². The van der Waals surface area contributed by atoms with Crippen LogP contribution in [0.3, 0.4) is 0 Å². The fourth-order valence-corrected chi connectivity index (χ4v) is 1.44. The second-order valence-electron chi connectivity index (χ2n) is 4.53. The Bertz CT molecular complexity index is 309. The third kappa shape index (κ3) is 5.71. The summed E-state index contributed by atoms with van der Waals surface area (Å²) in [7, 11) is 0. The van der Waals surface area contributed by atoms with E-state index in [4.69, 9.17) is 4.74 Å². The van der Waals surface area contributed by atoms with Gasteiger partial charge in [0.05, 0.1) is 0 Å². The first-order valence-corrected chi connectivity index (χ1v) is 6.25. The molecule has 0 fully saturated rings. The fraction of sp³-hybridized carbons (Fsp3) is 0.571. The standard InChI is InChI=1S/C14H23NO2/c1-4-12-5-7-14(8-6-12)17-10-13(16)9-15-11(2)3/h5-8,11,13,15-16H,4,9-10H2,1-3H3/t13-/m0/s1. The number of benzene rings is 1. The van der Waals surface area contributed by atoms with Crippen LogP contribution in [-0.2, 0) is 6.42 Å². The Hall–Kier alpha value is -1.06. The van der Waals surface area contributed by atoms with E-state index in [1.807, 2.05) is 24.3 Å². The largest absolute Gasteiger partial charge is 0.491 e. The number of aryl methyl sites for hydroxylation is 1. The van der Waals surface area contributed by atoms with Crippen molar-refractivity contribution >= 4 is 0 Å². The lowest BCUT2D eigenvalue weighted by molar-refractivity contribution is 0.104. The van der Waals surface area contributed by atoms with Crippen molar-refractivity contribution in [2.75, 3.05) is 13.2 Å². The summed E-state index contributed by atoms with van der Waals surface area (Å²) in [6.07, 6.45) is 0.560. The Morgan fingerprint density at radius 3 is 2.41 bits per heavy atom. The zero-order valence-corrected chi connectivity index (χ0v) is 10.9. The molecule has 0 aliphatic rings. The maximum absolute atomic E-state index is 9.67. The summed E-state index contributed by atoms with van der Waals surface area (Å²) < 4.78 is 5.51. The lowest BCUT2D eigenvalue weighted by Crippen LogP contribution is -2.35. The monoisotopic (exact) mass is 237 g/mol. The quantitative estimate of drug-likeness (QED) is 0.762. The van der Waals surface area contributed by atoms with E-state index in [0.717, 1.165) is 12.2 Å². The van der Waals surface area contributed by atoms with E-state index in [0.29, 0.717) is 19.2 Å². The number of nitrogens with one attached hydrogen (secondary N) is 1. The third-order valence-corrected chi connectivity index (χ3v) is 2.54. The van der Waals surface area contributed by atoms with Gasteiger partial charge in [-0.2, -0.15) is 0 Å². The molecule has 0 aromatic heterocycles. The van der Waals surface area contributed by atoms with Crippen molar-refractivity contribution in [1.82, 2.24) is 5.32 Å². The Morgan fingerprint density at radius 2 is 1.88 bits per heavy atom. The third-order valence-electron chi connectivity index (χ3n) is 2.54. The van der Waals surface area contributed by atoms with Crippen LogP contribution >= 0.6 is 0 Å². The van der Waals surface area contributed by atoms with Gasteiger partial charge in [-0.15, -0.1) is 0 Å². The molecule has 0 aliphatic heterocycles. The SMILES string of the molecule is CCc1ccc(OC[C@@H](O)CNC(C)C)cc1. The molecule has 0 bridgehead atoms. The Morgan fingerprint density at radius 1 is 1.24 bits per heavy atom. The highest BCUT2D eigenvalue weighted by atomic mass is 16.5. The van der Waals surface area contributed by atoms with Gasteiger partial charge in [0.25, 0.3) is 0 Å². The normalized spacial score (nSPS) is 12.8. The average molecular weight is 237 g/mol. The van der Waals surface area contributed by atoms with E-state index < -0.39 is 6.10 Å². The second kappa shape index (κ2) is 7.30. The molecule has 2 N–H and O–H groups in total. The lowest BCUT2D eigenvalue weighted by Gasteiger charge is -2.15. The number of aliphatic hydroxyl groups is 1. The smallest absolute Gasteiger partial charge is 0.119 e. The summed E-state index contributed by atoms with van der Waals surface area (Å²) in [4.78, 5) is 0. The highest BCUT2D eigenvalue weighted by Crippen LogP contribution is 2.12. The predicted octanol–water partition coefficient (Wildman–Crippen LogP) is 1.99. The van der Waals surface area contributed by atoms with Gasteiger partial charge in [0.1, 0.15) is 18.5 Å². The van der Waals surface area contributed by atoms with Crippen molar-refractivity contribution in [2.45, 2.75) is 39.3 Å². The van der Waals surface area contributed by atoms with Gasteiger partial charge < -0.3 is 15.2 Å². The van der Waals surface area contributed by atoms with Crippen LogP contribution in [0, 0.1) is 0 Å². The van der Waals surface area contributed by atoms with Gasteiger partial charge in [-0.1, -0.05) is 32.9 Å². The first-order valence-electron chi connectivity index (χ1n) is 6.25. The lowest BCUT2D eigenvalue weighted by atomic mass is 10.2. The predicted molar refractivity (Wildman–Crippen MR) is 70.5 cm³/mol. The van der Waals surface area contributed by atoms with Gasteiger partial charge in [0.15, 0.2) is 0 Å². The summed E-state index contributed by atoms with van der Waals surface area (Å²) >= 11 is 0. The molecule has 0 saturated heterocycles. The molecule has 1 aromatic carbocycles. The maximum Gasteiger partial charge on any atom is 0.119 e. The minimum Gasteiger partial charge on any atom is -0.491 e. The maximum atomic E-state index is 9.67. The molecule has 0 saturated carbocycles. The van der Waals surface area contributed by atoms with Crippen LogP contribution in [0.15, 0.2) is 24.3 Å². The van der Waals surface area contributed by atoms with Crippen LogP contribution in [0.1, 0.15) is 26.3 Å². The van der Waals surface area contributed by atoms with E-state index in [9.17, 15) is 5.11 Å². The van der Waals surface area contributed by atoms with Crippen molar-refractivity contribution in [3.05, 3.63) is 29.8 Å². The fourth-order valence-electron chi connectivity index (χ4n) is 1.44. The first-order chi connectivity index (χ1) is 8.11. The molecule has 0 radical (unpaired) electrons. The molecular weight excluding hydrogens is 214 g/mol. The first kappa shape index (κ1) is 14.0. The molecular formula is C14H23NO2. The van der Waals surface area contributed by atoms with Crippen LogP contribution in [0.4, 0.5) is 0 Å². The number of rotatable bonds is 7. The summed E-state index contributed by atoms with van der Waals surface area (Å²) in [5.41, 5.74) is 1.29. The summed E-state index contributed by atoms with van der Waals surface area (Å²) in [5.74, 6) is 0.811. The van der Waals surface area contributed by atoms with Gasteiger partial charge in [-0.3, -0.25) is 0 Å². The number of aliphatic hydroxyl groups excluding tert-OH is 1. The zero-order valence-electron chi connectivity index (χ0n) is 10.9. The van der Waals surface area contributed by atoms with Crippen molar-refractivity contribution in [3.63, 3.8) is 0 Å². The van der Waals surface area contributed by atoms with Gasteiger partial charge in [0.2, 0.25) is 0 Å². The van der Waals surface area contributed by atoms with Crippen molar-refractivity contribution in [2.24, 2.45) is 0 Å². The van der Waals surface area contributed by atoms with E-state index >= 15 is 0 Å². The molecule has 17 heavy (non-hydrogen) atoms. The van der Waals surface area contributed by atoms with Crippen LogP contribution in [-0.4, -0.2) is 30.4 Å². The molecule has 0 spiro atoms. The summed E-state index contributed by atoms with van der Waals surface area (Å²) in [5, 5.41) is 12.8. The zero-order chi connectivity index (χ0) is 12.7. The number of hydrogen-bond donors (Lipinski definition) is 2.